The van der Waals surface area contributed by atoms with E-state index in [1.165, 1.54) is 44.2 Å². The second-order valence-electron chi connectivity index (χ2n) is 7.48. The molecule has 0 bridgehead atoms. The number of aryl methyl sites for hydroxylation is 1. The minimum Gasteiger partial charge on any atom is -0.354 e. The molecule has 0 radical (unpaired) electrons. The molecule has 0 aliphatic heterocycles. The van der Waals surface area contributed by atoms with Gasteiger partial charge in [-0.15, -0.1) is 0 Å². The van der Waals surface area contributed by atoms with E-state index in [0.29, 0.717) is 28.9 Å². The molecule has 2 heterocycles. The molecule has 1 aromatic carbocycles. The summed E-state index contributed by atoms with van der Waals surface area (Å²) < 4.78 is 28.2. The Morgan fingerprint density at radius 1 is 1.03 bits per heavy atom. The number of imidazole rings is 1. The molecular formula is C22H25F2N5. The molecule has 0 amide bonds. The summed E-state index contributed by atoms with van der Waals surface area (Å²) in [4.78, 5) is 13.5. The van der Waals surface area contributed by atoms with Gasteiger partial charge >= 0.3 is 0 Å². The van der Waals surface area contributed by atoms with Crippen molar-refractivity contribution in [2.45, 2.75) is 38.6 Å². The third-order valence-corrected chi connectivity index (χ3v) is 5.45. The largest absolute Gasteiger partial charge is 0.354 e. The number of anilines is 1. The van der Waals surface area contributed by atoms with Crippen molar-refractivity contribution in [1.29, 1.82) is 0 Å². The maximum Gasteiger partial charge on any atom is 0.223 e. The second-order valence-corrected chi connectivity index (χ2v) is 7.48. The first-order valence-corrected chi connectivity index (χ1v) is 10.2. The molecule has 0 unspecified atom stereocenters. The smallest absolute Gasteiger partial charge is 0.223 e. The number of aromatic nitrogens is 4. The SMILES string of the molecule is FCCn1cnc(-c2ccc(F)cc2)c1-c1ccnc(NCC2CCCCC2)n1. The van der Waals surface area contributed by atoms with Crippen molar-refractivity contribution < 1.29 is 8.78 Å². The fraction of sp³-hybridized carbons (Fsp3) is 0.409. The maximum atomic E-state index is 13.3. The fourth-order valence-corrected chi connectivity index (χ4v) is 3.93. The molecule has 1 fully saturated rings. The van der Waals surface area contributed by atoms with Crippen LogP contribution in [0.3, 0.4) is 0 Å². The monoisotopic (exact) mass is 397 g/mol. The van der Waals surface area contributed by atoms with Gasteiger partial charge in [0.15, 0.2) is 0 Å². The number of alkyl halides is 1. The third-order valence-electron chi connectivity index (χ3n) is 5.45. The van der Waals surface area contributed by atoms with Gasteiger partial charge in [-0.25, -0.2) is 23.7 Å². The molecule has 0 saturated heterocycles. The average molecular weight is 397 g/mol. The van der Waals surface area contributed by atoms with Crippen LogP contribution in [0.1, 0.15) is 32.1 Å². The topological polar surface area (TPSA) is 55.6 Å². The number of nitrogens with one attached hydrogen (secondary N) is 1. The number of nitrogens with zero attached hydrogens (tertiary/aromatic N) is 4. The van der Waals surface area contributed by atoms with Gasteiger partial charge < -0.3 is 9.88 Å². The zero-order chi connectivity index (χ0) is 20.1. The molecule has 2 aromatic heterocycles. The van der Waals surface area contributed by atoms with Crippen LogP contribution in [-0.4, -0.2) is 32.7 Å². The minimum absolute atomic E-state index is 0.179. The highest BCUT2D eigenvalue weighted by molar-refractivity contribution is 5.77. The van der Waals surface area contributed by atoms with Crippen LogP contribution in [0.2, 0.25) is 0 Å². The van der Waals surface area contributed by atoms with Crippen molar-refractivity contribution in [3.05, 3.63) is 48.7 Å². The zero-order valence-electron chi connectivity index (χ0n) is 16.3. The first kappa shape index (κ1) is 19.5. The second kappa shape index (κ2) is 9.11. The Morgan fingerprint density at radius 3 is 2.59 bits per heavy atom. The average Bonchev–Trinajstić information content (AvgIpc) is 3.18. The molecule has 1 N–H and O–H groups in total. The van der Waals surface area contributed by atoms with E-state index in [-0.39, 0.29) is 12.4 Å². The molecule has 0 spiro atoms. The Morgan fingerprint density at radius 2 is 1.83 bits per heavy atom. The molecule has 5 nitrogen and oxygen atoms in total. The van der Waals surface area contributed by atoms with E-state index in [2.05, 4.69) is 20.3 Å². The highest BCUT2D eigenvalue weighted by Crippen LogP contribution is 2.31. The quantitative estimate of drug-likeness (QED) is 0.602. The van der Waals surface area contributed by atoms with Gasteiger partial charge in [-0.3, -0.25) is 0 Å². The highest BCUT2D eigenvalue weighted by Gasteiger charge is 2.18. The van der Waals surface area contributed by atoms with E-state index in [1.54, 1.807) is 35.3 Å². The summed E-state index contributed by atoms with van der Waals surface area (Å²) in [5.41, 5.74) is 2.78. The van der Waals surface area contributed by atoms with Crippen LogP contribution in [0.5, 0.6) is 0 Å². The van der Waals surface area contributed by atoms with Crippen LogP contribution in [0.25, 0.3) is 22.6 Å². The lowest BCUT2D eigenvalue weighted by molar-refractivity contribution is 0.373. The standard InChI is InChI=1S/C22H25F2N5/c23-11-13-29-15-27-20(17-6-8-18(24)9-7-17)21(29)19-10-12-25-22(28-19)26-14-16-4-2-1-3-5-16/h6-10,12,15-16H,1-5,11,13-14H2,(H,25,26,28). The molecule has 1 aliphatic rings. The van der Waals surface area contributed by atoms with Gasteiger partial charge in [0.2, 0.25) is 5.95 Å². The number of rotatable bonds is 7. The van der Waals surface area contributed by atoms with Gasteiger partial charge in [0.1, 0.15) is 12.5 Å². The van der Waals surface area contributed by atoms with Gasteiger partial charge in [-0.1, -0.05) is 19.3 Å². The van der Waals surface area contributed by atoms with E-state index < -0.39 is 6.67 Å². The molecule has 1 saturated carbocycles. The Bertz CT molecular complexity index is 933. The van der Waals surface area contributed by atoms with E-state index in [1.807, 2.05) is 0 Å². The van der Waals surface area contributed by atoms with Crippen molar-refractivity contribution >= 4 is 5.95 Å². The van der Waals surface area contributed by atoms with Crippen LogP contribution < -0.4 is 5.32 Å². The van der Waals surface area contributed by atoms with Crippen molar-refractivity contribution in [1.82, 2.24) is 19.5 Å². The van der Waals surface area contributed by atoms with Gasteiger partial charge in [-0.2, -0.15) is 0 Å². The minimum atomic E-state index is -0.510. The predicted molar refractivity (Wildman–Crippen MR) is 110 cm³/mol. The van der Waals surface area contributed by atoms with Crippen LogP contribution in [0.15, 0.2) is 42.9 Å². The lowest BCUT2D eigenvalue weighted by Crippen LogP contribution is -2.18. The van der Waals surface area contributed by atoms with E-state index in [4.69, 9.17) is 0 Å². The Hall–Kier alpha value is -2.83. The summed E-state index contributed by atoms with van der Waals surface area (Å²) in [6.07, 6.45) is 9.69. The van der Waals surface area contributed by atoms with Crippen LogP contribution in [0.4, 0.5) is 14.7 Å². The first-order chi connectivity index (χ1) is 14.2. The maximum absolute atomic E-state index is 13.3. The molecular weight excluding hydrogens is 372 g/mol. The van der Waals surface area contributed by atoms with Gasteiger partial charge in [0.05, 0.1) is 30.0 Å². The number of benzene rings is 1. The van der Waals surface area contributed by atoms with Crippen LogP contribution in [0, 0.1) is 11.7 Å². The van der Waals surface area contributed by atoms with Crippen molar-refractivity contribution in [2.75, 3.05) is 18.5 Å². The highest BCUT2D eigenvalue weighted by atomic mass is 19.1. The Balaban J connectivity index is 1.62. The van der Waals surface area contributed by atoms with Crippen LogP contribution >= 0.6 is 0 Å². The molecule has 152 valence electrons. The summed E-state index contributed by atoms with van der Waals surface area (Å²) >= 11 is 0. The van der Waals surface area contributed by atoms with Crippen molar-refractivity contribution in [2.24, 2.45) is 5.92 Å². The van der Waals surface area contributed by atoms with Gasteiger partial charge in [-0.05, 0) is 49.1 Å². The number of halogens is 2. The van der Waals surface area contributed by atoms with Gasteiger partial charge in [0, 0.05) is 18.3 Å². The molecule has 1 aliphatic carbocycles. The summed E-state index contributed by atoms with van der Waals surface area (Å²) in [7, 11) is 0. The molecule has 3 aromatic rings. The van der Waals surface area contributed by atoms with Crippen molar-refractivity contribution in [3.8, 4) is 22.6 Å². The molecule has 0 atom stereocenters. The van der Waals surface area contributed by atoms with E-state index in [0.717, 1.165) is 12.1 Å². The van der Waals surface area contributed by atoms with Crippen LogP contribution in [-0.2, 0) is 6.54 Å². The molecule has 4 rings (SSSR count). The van der Waals surface area contributed by atoms with E-state index >= 15 is 0 Å². The summed E-state index contributed by atoms with van der Waals surface area (Å²) in [5, 5.41) is 3.36. The molecule has 7 heteroatoms. The Labute approximate surface area is 169 Å². The summed E-state index contributed by atoms with van der Waals surface area (Å²) in [6, 6.07) is 7.92. The normalized spacial score (nSPS) is 14.8. The van der Waals surface area contributed by atoms with Gasteiger partial charge in [0.25, 0.3) is 0 Å². The number of hydrogen-bond donors (Lipinski definition) is 1. The van der Waals surface area contributed by atoms with Crippen molar-refractivity contribution in [3.63, 3.8) is 0 Å². The number of hydrogen-bond acceptors (Lipinski definition) is 4. The lowest BCUT2D eigenvalue weighted by atomic mass is 9.89. The summed E-state index contributed by atoms with van der Waals surface area (Å²) in [6.45, 7) is 0.528. The fourth-order valence-electron chi connectivity index (χ4n) is 3.93. The zero-order valence-corrected chi connectivity index (χ0v) is 16.3. The Kier molecular flexibility index (Phi) is 6.12. The summed E-state index contributed by atoms with van der Waals surface area (Å²) in [5.74, 6) is 0.906. The molecule has 29 heavy (non-hydrogen) atoms. The first-order valence-electron chi connectivity index (χ1n) is 10.2. The van der Waals surface area contributed by atoms with E-state index in [9.17, 15) is 8.78 Å². The predicted octanol–water partition coefficient (Wildman–Crippen LogP) is 5.11. The lowest BCUT2D eigenvalue weighted by Gasteiger charge is -2.21. The third kappa shape index (κ3) is 4.60.